The highest BCUT2D eigenvalue weighted by atomic mass is 19.4. The molecule has 3 aromatic rings. The number of halogens is 3. The average molecular weight is 386 g/mol. The Morgan fingerprint density at radius 2 is 1.96 bits per heavy atom. The van der Waals surface area contributed by atoms with E-state index in [4.69, 9.17) is 0 Å². The second-order valence-electron chi connectivity index (χ2n) is 6.18. The van der Waals surface area contributed by atoms with E-state index in [0.717, 1.165) is 17.8 Å². The van der Waals surface area contributed by atoms with Crippen LogP contribution in [-0.2, 0) is 11.0 Å². The lowest BCUT2D eigenvalue weighted by Crippen LogP contribution is -2.14. The monoisotopic (exact) mass is 386 g/mol. The average Bonchev–Trinajstić information content (AvgIpc) is 2.98. The molecule has 1 amide bonds. The van der Waals surface area contributed by atoms with E-state index >= 15 is 0 Å². The Kier molecular flexibility index (Phi) is 5.30. The Morgan fingerprint density at radius 3 is 2.57 bits per heavy atom. The number of carbonyl (C=O) groups excluding carboxylic acids is 1. The molecule has 0 spiro atoms. The van der Waals surface area contributed by atoms with Crippen LogP contribution in [0.3, 0.4) is 0 Å². The Labute approximate surface area is 159 Å². The van der Waals surface area contributed by atoms with Gasteiger partial charge in [-0.05, 0) is 55.8 Å². The number of rotatable bonds is 4. The van der Waals surface area contributed by atoms with Crippen LogP contribution in [0.2, 0.25) is 0 Å². The van der Waals surface area contributed by atoms with Crippen molar-refractivity contribution in [3.63, 3.8) is 0 Å². The van der Waals surface area contributed by atoms with Gasteiger partial charge in [0, 0.05) is 24.2 Å². The number of aromatic nitrogens is 3. The molecule has 1 aromatic carbocycles. The second kappa shape index (κ2) is 7.67. The molecule has 0 fully saturated rings. The summed E-state index contributed by atoms with van der Waals surface area (Å²) in [5, 5.41) is 6.81. The zero-order chi connectivity index (χ0) is 20.3. The Morgan fingerprint density at radius 1 is 1.18 bits per heavy atom. The van der Waals surface area contributed by atoms with Crippen molar-refractivity contribution < 1.29 is 18.0 Å². The molecule has 0 unspecified atom stereocenters. The molecule has 0 saturated carbocycles. The molecule has 0 atom stereocenters. The molecule has 2 heterocycles. The fourth-order valence-electron chi connectivity index (χ4n) is 2.69. The van der Waals surface area contributed by atoms with Gasteiger partial charge in [-0.1, -0.05) is 6.07 Å². The van der Waals surface area contributed by atoms with Crippen molar-refractivity contribution >= 4 is 17.7 Å². The predicted molar refractivity (Wildman–Crippen MR) is 99.9 cm³/mol. The lowest BCUT2D eigenvalue weighted by Gasteiger charge is -2.15. The van der Waals surface area contributed by atoms with E-state index in [1.54, 1.807) is 44.4 Å². The van der Waals surface area contributed by atoms with E-state index in [1.165, 1.54) is 22.9 Å². The summed E-state index contributed by atoms with van der Waals surface area (Å²) >= 11 is 0. The van der Waals surface area contributed by atoms with Crippen LogP contribution >= 0.6 is 0 Å². The van der Waals surface area contributed by atoms with E-state index in [-0.39, 0.29) is 5.69 Å². The quantitative estimate of drug-likeness (QED) is 0.669. The third-order valence-corrected chi connectivity index (χ3v) is 3.93. The maximum Gasteiger partial charge on any atom is 0.416 e. The molecule has 0 aliphatic rings. The third-order valence-electron chi connectivity index (χ3n) is 3.93. The highest BCUT2D eigenvalue weighted by Crippen LogP contribution is 2.33. The van der Waals surface area contributed by atoms with Crippen LogP contribution in [0, 0.1) is 13.8 Å². The van der Waals surface area contributed by atoms with Gasteiger partial charge in [0.15, 0.2) is 0 Å². The topological polar surface area (TPSA) is 59.8 Å². The number of nitrogens with one attached hydrogen (secondary N) is 1. The Hall–Kier alpha value is -3.42. The fraction of sp³-hybridized carbons (Fsp3) is 0.150. The number of nitrogens with zero attached hydrogens (tertiary/aromatic N) is 3. The summed E-state index contributed by atoms with van der Waals surface area (Å²) in [6.45, 7) is 3.56. The van der Waals surface area contributed by atoms with Crippen LogP contribution in [0.1, 0.15) is 22.5 Å². The van der Waals surface area contributed by atoms with Gasteiger partial charge in [0.2, 0.25) is 5.91 Å². The zero-order valence-electron chi connectivity index (χ0n) is 15.2. The molecule has 0 radical (unpaired) electrons. The molecule has 0 saturated heterocycles. The SMILES string of the molecule is Cc1cc(C)n(-c2ccc(C(F)(F)F)cc2NC(=O)/C=C/c2cccnc2)n1. The van der Waals surface area contributed by atoms with E-state index in [9.17, 15) is 18.0 Å². The Bertz CT molecular complexity index is 1020. The van der Waals surface area contributed by atoms with Crippen LogP contribution in [0.5, 0.6) is 0 Å². The van der Waals surface area contributed by atoms with Crippen molar-refractivity contribution in [3.05, 3.63) is 77.4 Å². The van der Waals surface area contributed by atoms with E-state index in [1.807, 2.05) is 0 Å². The molecule has 144 valence electrons. The highest BCUT2D eigenvalue weighted by Gasteiger charge is 2.31. The van der Waals surface area contributed by atoms with Gasteiger partial charge < -0.3 is 5.32 Å². The third kappa shape index (κ3) is 4.46. The summed E-state index contributed by atoms with van der Waals surface area (Å²) < 4.78 is 40.9. The first-order chi connectivity index (χ1) is 13.2. The maximum atomic E-state index is 13.1. The lowest BCUT2D eigenvalue weighted by atomic mass is 10.1. The number of aryl methyl sites for hydroxylation is 2. The standard InChI is InChI=1S/C20H17F3N4O/c1-13-10-14(2)27(26-13)18-7-6-16(20(21,22)23)11-17(18)25-19(28)8-5-15-4-3-9-24-12-15/h3-12H,1-2H3,(H,25,28)/b8-5+. The van der Waals surface area contributed by atoms with Gasteiger partial charge in [-0.15, -0.1) is 0 Å². The smallest absolute Gasteiger partial charge is 0.321 e. The minimum Gasteiger partial charge on any atom is -0.321 e. The zero-order valence-corrected chi connectivity index (χ0v) is 15.2. The van der Waals surface area contributed by atoms with Crippen molar-refractivity contribution in [3.8, 4) is 5.69 Å². The summed E-state index contributed by atoms with van der Waals surface area (Å²) in [4.78, 5) is 16.2. The molecule has 1 N–H and O–H groups in total. The van der Waals surface area contributed by atoms with E-state index in [0.29, 0.717) is 16.9 Å². The van der Waals surface area contributed by atoms with Gasteiger partial charge in [0.1, 0.15) is 0 Å². The van der Waals surface area contributed by atoms with Gasteiger partial charge in [0.25, 0.3) is 0 Å². The fourth-order valence-corrected chi connectivity index (χ4v) is 2.69. The van der Waals surface area contributed by atoms with Crippen molar-refractivity contribution in [1.82, 2.24) is 14.8 Å². The molecular formula is C20H17F3N4O. The van der Waals surface area contributed by atoms with Crippen molar-refractivity contribution in [2.75, 3.05) is 5.32 Å². The highest BCUT2D eigenvalue weighted by molar-refractivity contribution is 6.03. The number of amides is 1. The van der Waals surface area contributed by atoms with Crippen LogP contribution < -0.4 is 5.32 Å². The summed E-state index contributed by atoms with van der Waals surface area (Å²) in [5.74, 6) is -0.564. The summed E-state index contributed by atoms with van der Waals surface area (Å²) in [5.41, 5.74) is 1.65. The number of hydrogen-bond donors (Lipinski definition) is 1. The van der Waals surface area contributed by atoms with Gasteiger partial charge in [-0.2, -0.15) is 18.3 Å². The minimum atomic E-state index is -4.53. The molecular weight excluding hydrogens is 369 g/mol. The normalized spacial score (nSPS) is 11.8. The second-order valence-corrected chi connectivity index (χ2v) is 6.18. The number of benzene rings is 1. The maximum absolute atomic E-state index is 13.1. The van der Waals surface area contributed by atoms with Gasteiger partial charge in [-0.25, -0.2) is 4.68 Å². The van der Waals surface area contributed by atoms with Gasteiger partial charge >= 0.3 is 6.18 Å². The molecule has 3 rings (SSSR count). The predicted octanol–water partition coefficient (Wildman–Crippen LogP) is 4.55. The van der Waals surface area contributed by atoms with Gasteiger partial charge in [-0.3, -0.25) is 9.78 Å². The Balaban J connectivity index is 1.96. The van der Waals surface area contributed by atoms with Crippen LogP contribution in [-0.4, -0.2) is 20.7 Å². The summed E-state index contributed by atoms with van der Waals surface area (Å²) in [7, 11) is 0. The first-order valence-electron chi connectivity index (χ1n) is 8.38. The number of pyridine rings is 1. The first kappa shape index (κ1) is 19.3. The van der Waals surface area contributed by atoms with Crippen molar-refractivity contribution in [1.29, 1.82) is 0 Å². The first-order valence-corrected chi connectivity index (χ1v) is 8.38. The number of alkyl halides is 3. The van der Waals surface area contributed by atoms with Crippen LogP contribution in [0.4, 0.5) is 18.9 Å². The number of anilines is 1. The molecule has 0 aliphatic carbocycles. The minimum absolute atomic E-state index is 0.0156. The number of carbonyl (C=O) groups is 1. The molecule has 0 aliphatic heterocycles. The van der Waals surface area contributed by atoms with Crippen molar-refractivity contribution in [2.45, 2.75) is 20.0 Å². The number of hydrogen-bond acceptors (Lipinski definition) is 3. The molecule has 5 nitrogen and oxygen atoms in total. The van der Waals surface area contributed by atoms with E-state index < -0.39 is 17.6 Å². The molecule has 2 aromatic heterocycles. The summed E-state index contributed by atoms with van der Waals surface area (Å²) in [6, 6.07) is 8.43. The molecule has 0 bridgehead atoms. The van der Waals surface area contributed by atoms with Crippen LogP contribution in [0.15, 0.2) is 54.9 Å². The van der Waals surface area contributed by atoms with Gasteiger partial charge in [0.05, 0.1) is 22.6 Å². The summed E-state index contributed by atoms with van der Waals surface area (Å²) in [6.07, 6.45) is 1.40. The largest absolute Gasteiger partial charge is 0.416 e. The van der Waals surface area contributed by atoms with Crippen molar-refractivity contribution in [2.24, 2.45) is 0 Å². The van der Waals surface area contributed by atoms with Crippen LogP contribution in [0.25, 0.3) is 11.8 Å². The van der Waals surface area contributed by atoms with E-state index in [2.05, 4.69) is 15.4 Å². The molecule has 8 heteroatoms. The lowest BCUT2D eigenvalue weighted by molar-refractivity contribution is -0.137. The molecule has 28 heavy (non-hydrogen) atoms.